The summed E-state index contributed by atoms with van der Waals surface area (Å²) in [7, 11) is 0. The number of rotatable bonds is 1. The zero-order chi connectivity index (χ0) is 10.1. The number of fused-ring (bicyclic) bond motifs is 1. The smallest absolute Gasteiger partial charge is 0.170 e. The molecular weight excluding hydrogens is 206 g/mol. The summed E-state index contributed by atoms with van der Waals surface area (Å²) in [6, 6.07) is 7.87. The molecule has 0 aromatic carbocycles. The van der Waals surface area contributed by atoms with Gasteiger partial charge < -0.3 is 0 Å². The normalized spacial score (nSPS) is 10.7. The first kappa shape index (κ1) is 8.49. The lowest BCUT2D eigenvalue weighted by atomic mass is 10.3. The van der Waals surface area contributed by atoms with Crippen LogP contribution in [0.2, 0.25) is 0 Å². The highest BCUT2D eigenvalue weighted by Gasteiger charge is 2.05. The number of nitrogens with zero attached hydrogens (tertiary/aromatic N) is 3. The maximum absolute atomic E-state index is 4.46. The molecule has 15 heavy (non-hydrogen) atoms. The largest absolute Gasteiger partial charge is 0.265 e. The first-order valence-electron chi connectivity index (χ1n) is 4.55. The van der Waals surface area contributed by atoms with E-state index in [9.17, 15) is 0 Å². The summed E-state index contributed by atoms with van der Waals surface area (Å²) < 4.78 is 1.12. The average molecular weight is 213 g/mol. The van der Waals surface area contributed by atoms with E-state index in [0.29, 0.717) is 0 Å². The Bertz CT molecular complexity index is 556. The van der Waals surface area contributed by atoms with Gasteiger partial charge >= 0.3 is 0 Å². The molecular formula is C11H7N3S. The number of pyridine rings is 2. The molecule has 3 nitrogen and oxygen atoms in total. The van der Waals surface area contributed by atoms with Gasteiger partial charge in [0, 0.05) is 24.2 Å². The molecule has 0 spiro atoms. The van der Waals surface area contributed by atoms with Crippen LogP contribution in [0, 0.1) is 0 Å². The molecule has 0 saturated carbocycles. The zero-order valence-electron chi connectivity index (χ0n) is 7.79. The molecule has 0 saturated heterocycles. The summed E-state index contributed by atoms with van der Waals surface area (Å²) >= 11 is 1.65. The van der Waals surface area contributed by atoms with Crippen molar-refractivity contribution >= 4 is 21.7 Å². The lowest BCUT2D eigenvalue weighted by molar-refractivity contribution is 1.30. The fourth-order valence-corrected chi connectivity index (χ4v) is 2.32. The quantitative estimate of drug-likeness (QED) is 0.624. The Labute approximate surface area is 90.5 Å². The molecule has 0 aliphatic rings. The molecule has 0 aliphatic carbocycles. The van der Waals surface area contributed by atoms with Crippen molar-refractivity contribution in [3.05, 3.63) is 42.9 Å². The third-order valence-corrected chi connectivity index (χ3v) is 3.15. The predicted molar refractivity (Wildman–Crippen MR) is 60.6 cm³/mol. The molecule has 0 unspecified atom stereocenters. The third-order valence-electron chi connectivity index (χ3n) is 2.09. The molecule has 3 aromatic rings. The molecule has 3 rings (SSSR count). The Balaban J connectivity index is 2.21. The molecule has 0 radical (unpaired) electrons. The molecule has 3 aromatic heterocycles. The Kier molecular flexibility index (Phi) is 1.93. The van der Waals surface area contributed by atoms with Gasteiger partial charge in [-0.2, -0.15) is 0 Å². The fraction of sp³-hybridized carbons (Fsp3) is 0. The minimum absolute atomic E-state index is 0.814. The first-order valence-corrected chi connectivity index (χ1v) is 5.37. The van der Waals surface area contributed by atoms with Crippen molar-refractivity contribution in [2.75, 3.05) is 0 Å². The monoisotopic (exact) mass is 213 g/mol. The van der Waals surface area contributed by atoms with Crippen molar-refractivity contribution in [3.8, 4) is 10.6 Å². The fourth-order valence-electron chi connectivity index (χ4n) is 1.39. The van der Waals surface area contributed by atoms with Crippen LogP contribution in [0.15, 0.2) is 42.9 Å². The molecule has 0 N–H and O–H groups in total. The van der Waals surface area contributed by atoms with Crippen LogP contribution in [-0.4, -0.2) is 15.0 Å². The second-order valence-corrected chi connectivity index (χ2v) is 4.11. The summed E-state index contributed by atoms with van der Waals surface area (Å²) in [4.78, 5) is 12.7. The van der Waals surface area contributed by atoms with Crippen LogP contribution in [0.25, 0.3) is 20.9 Å². The lowest BCUT2D eigenvalue weighted by Crippen LogP contribution is -1.77. The van der Waals surface area contributed by atoms with Crippen molar-refractivity contribution in [2.24, 2.45) is 0 Å². The van der Waals surface area contributed by atoms with E-state index >= 15 is 0 Å². The van der Waals surface area contributed by atoms with E-state index in [1.165, 1.54) is 0 Å². The molecule has 4 heteroatoms. The standard InChI is InChI=1S/C11H7N3S/c1-2-9-10(13-5-1)14-11(15-9)8-3-6-12-7-4-8/h1-7H. The second-order valence-electron chi connectivity index (χ2n) is 3.08. The highest BCUT2D eigenvalue weighted by atomic mass is 32.1. The van der Waals surface area contributed by atoms with Crippen molar-refractivity contribution in [3.63, 3.8) is 0 Å². The van der Waals surface area contributed by atoms with E-state index in [1.807, 2.05) is 24.3 Å². The van der Waals surface area contributed by atoms with E-state index < -0.39 is 0 Å². The molecule has 3 heterocycles. The van der Waals surface area contributed by atoms with E-state index in [4.69, 9.17) is 0 Å². The van der Waals surface area contributed by atoms with E-state index in [1.54, 1.807) is 29.9 Å². The number of thiazole rings is 1. The predicted octanol–water partition coefficient (Wildman–Crippen LogP) is 2.75. The molecule has 0 bridgehead atoms. The van der Waals surface area contributed by atoms with Gasteiger partial charge in [-0.25, -0.2) is 9.97 Å². The van der Waals surface area contributed by atoms with E-state index in [-0.39, 0.29) is 0 Å². The van der Waals surface area contributed by atoms with E-state index in [2.05, 4.69) is 15.0 Å². The molecule has 0 atom stereocenters. The molecule has 0 amide bonds. The van der Waals surface area contributed by atoms with Crippen LogP contribution in [-0.2, 0) is 0 Å². The summed E-state index contributed by atoms with van der Waals surface area (Å²) in [6.45, 7) is 0. The van der Waals surface area contributed by atoms with Crippen LogP contribution in [0.4, 0.5) is 0 Å². The minimum Gasteiger partial charge on any atom is -0.265 e. The van der Waals surface area contributed by atoms with Crippen LogP contribution in [0.3, 0.4) is 0 Å². The summed E-state index contributed by atoms with van der Waals surface area (Å²) in [5.41, 5.74) is 1.90. The van der Waals surface area contributed by atoms with E-state index in [0.717, 1.165) is 20.9 Å². The Hall–Kier alpha value is -1.81. The van der Waals surface area contributed by atoms with Gasteiger partial charge in [0.25, 0.3) is 0 Å². The second kappa shape index (κ2) is 3.40. The Morgan fingerprint density at radius 3 is 2.67 bits per heavy atom. The minimum atomic E-state index is 0.814. The van der Waals surface area contributed by atoms with Crippen LogP contribution in [0.1, 0.15) is 0 Å². The highest BCUT2D eigenvalue weighted by Crippen LogP contribution is 2.28. The Morgan fingerprint density at radius 1 is 1.00 bits per heavy atom. The average Bonchev–Trinajstić information content (AvgIpc) is 2.74. The first-order chi connectivity index (χ1) is 7.43. The molecule has 0 fully saturated rings. The Morgan fingerprint density at radius 2 is 1.87 bits per heavy atom. The van der Waals surface area contributed by atoms with Gasteiger partial charge in [-0.1, -0.05) is 0 Å². The number of hydrogen-bond acceptors (Lipinski definition) is 4. The topological polar surface area (TPSA) is 38.7 Å². The van der Waals surface area contributed by atoms with Gasteiger partial charge in [0.1, 0.15) is 5.01 Å². The highest BCUT2D eigenvalue weighted by molar-refractivity contribution is 7.21. The van der Waals surface area contributed by atoms with Crippen molar-refractivity contribution in [1.82, 2.24) is 15.0 Å². The van der Waals surface area contributed by atoms with Crippen LogP contribution in [0.5, 0.6) is 0 Å². The van der Waals surface area contributed by atoms with Gasteiger partial charge in [-0.3, -0.25) is 4.98 Å². The third kappa shape index (κ3) is 1.49. The molecule has 0 aliphatic heterocycles. The van der Waals surface area contributed by atoms with Gasteiger partial charge in [0.15, 0.2) is 5.65 Å². The summed E-state index contributed by atoms with van der Waals surface area (Å²) in [6.07, 6.45) is 5.31. The van der Waals surface area contributed by atoms with Crippen LogP contribution >= 0.6 is 11.3 Å². The number of aromatic nitrogens is 3. The van der Waals surface area contributed by atoms with Gasteiger partial charge in [-0.05, 0) is 24.3 Å². The molecule has 72 valence electrons. The SMILES string of the molecule is c1cnc2nc(-c3ccncc3)sc2c1. The van der Waals surface area contributed by atoms with Crippen LogP contribution < -0.4 is 0 Å². The number of hydrogen-bond donors (Lipinski definition) is 0. The van der Waals surface area contributed by atoms with Gasteiger partial charge in [-0.15, -0.1) is 11.3 Å². The maximum Gasteiger partial charge on any atom is 0.170 e. The summed E-state index contributed by atoms with van der Waals surface area (Å²) in [5.74, 6) is 0. The van der Waals surface area contributed by atoms with Gasteiger partial charge in [0.05, 0.1) is 4.70 Å². The lowest BCUT2D eigenvalue weighted by Gasteiger charge is -1.91. The maximum atomic E-state index is 4.46. The zero-order valence-corrected chi connectivity index (χ0v) is 8.61. The summed E-state index contributed by atoms with van der Waals surface area (Å²) in [5, 5.41) is 0.992. The van der Waals surface area contributed by atoms with Crippen molar-refractivity contribution < 1.29 is 0 Å². The van der Waals surface area contributed by atoms with Crippen molar-refractivity contribution in [1.29, 1.82) is 0 Å². The van der Waals surface area contributed by atoms with Gasteiger partial charge in [0.2, 0.25) is 0 Å². The van der Waals surface area contributed by atoms with Crippen molar-refractivity contribution in [2.45, 2.75) is 0 Å².